The maximum Gasteiger partial charge on any atom is 0.355 e. The molecule has 3 rings (SSSR count). The highest BCUT2D eigenvalue weighted by molar-refractivity contribution is 5.95. The van der Waals surface area contributed by atoms with Crippen molar-refractivity contribution < 1.29 is 14.1 Å². The average Bonchev–Trinajstić information content (AvgIpc) is 2.66. The van der Waals surface area contributed by atoms with Gasteiger partial charge >= 0.3 is 5.69 Å². The molecule has 0 radical (unpaired) electrons. The van der Waals surface area contributed by atoms with Crippen LogP contribution in [-0.4, -0.2) is 33.4 Å². The summed E-state index contributed by atoms with van der Waals surface area (Å²) < 4.78 is 13.0. The fourth-order valence-electron chi connectivity index (χ4n) is 3.04. The summed E-state index contributed by atoms with van der Waals surface area (Å²) in [5, 5.41) is 11.6. The molecule has 1 aliphatic heterocycles. The lowest BCUT2D eigenvalue weighted by atomic mass is 10.0. The summed E-state index contributed by atoms with van der Waals surface area (Å²) in [7, 11) is 0. The van der Waals surface area contributed by atoms with Crippen LogP contribution < -0.4 is 15.8 Å². The number of nitrogens with one attached hydrogen (secondary N) is 2. The number of rotatable bonds is 5. The summed E-state index contributed by atoms with van der Waals surface area (Å²) in [4.78, 5) is 33.1. The number of piperidine rings is 1. The molecule has 9 nitrogen and oxygen atoms in total. The molecule has 27 heavy (non-hydrogen) atoms. The Balaban J connectivity index is 1.82. The van der Waals surface area contributed by atoms with E-state index in [1.165, 1.54) is 18.5 Å². The summed E-state index contributed by atoms with van der Waals surface area (Å²) in [6, 6.07) is 5.04. The van der Waals surface area contributed by atoms with Crippen LogP contribution in [0.2, 0.25) is 0 Å². The number of anilines is 2. The second kappa shape index (κ2) is 7.94. The Morgan fingerprint density at radius 1 is 1.30 bits per heavy atom. The first-order valence-corrected chi connectivity index (χ1v) is 8.55. The molecule has 1 atom stereocenters. The molecule has 142 valence electrons. The third-order valence-corrected chi connectivity index (χ3v) is 4.46. The van der Waals surface area contributed by atoms with Crippen LogP contribution in [0.15, 0.2) is 30.6 Å². The number of nitro groups is 1. The monoisotopic (exact) mass is 374 g/mol. The summed E-state index contributed by atoms with van der Waals surface area (Å²) in [5.74, 6) is -0.930. The molecule has 0 bridgehead atoms. The molecule has 1 unspecified atom stereocenters. The van der Waals surface area contributed by atoms with Gasteiger partial charge in [0.1, 0.15) is 12.1 Å². The molecule has 1 aromatic heterocycles. The van der Waals surface area contributed by atoms with Crippen LogP contribution in [0.1, 0.15) is 36.5 Å². The van der Waals surface area contributed by atoms with Crippen LogP contribution in [0.25, 0.3) is 0 Å². The minimum absolute atomic E-state index is 0.113. The fourth-order valence-corrected chi connectivity index (χ4v) is 3.04. The SMILES string of the molecule is CC1CCCCN1c1ncnc(NNC(=O)c2ccc(F)cc2)c1[N+](=O)[O-]. The minimum Gasteiger partial charge on any atom is -0.348 e. The van der Waals surface area contributed by atoms with E-state index in [2.05, 4.69) is 20.8 Å². The molecule has 1 saturated heterocycles. The third-order valence-electron chi connectivity index (χ3n) is 4.46. The molecule has 1 aromatic carbocycles. The Kier molecular flexibility index (Phi) is 5.43. The van der Waals surface area contributed by atoms with Crippen molar-refractivity contribution in [3.63, 3.8) is 0 Å². The van der Waals surface area contributed by atoms with Crippen molar-refractivity contribution in [2.45, 2.75) is 32.2 Å². The van der Waals surface area contributed by atoms with Crippen LogP contribution in [0.5, 0.6) is 0 Å². The number of halogens is 1. The molecule has 1 fully saturated rings. The first-order valence-electron chi connectivity index (χ1n) is 8.55. The normalized spacial score (nSPS) is 16.7. The molecular formula is C17H19FN6O3. The van der Waals surface area contributed by atoms with Crippen LogP contribution >= 0.6 is 0 Å². The highest BCUT2D eigenvalue weighted by atomic mass is 19.1. The average molecular weight is 374 g/mol. The van der Waals surface area contributed by atoms with Crippen LogP contribution in [-0.2, 0) is 0 Å². The number of carbonyl (C=O) groups is 1. The van der Waals surface area contributed by atoms with Crippen molar-refractivity contribution in [2.24, 2.45) is 0 Å². The maximum absolute atomic E-state index is 13.0. The summed E-state index contributed by atoms with van der Waals surface area (Å²) >= 11 is 0. The molecule has 10 heteroatoms. The van der Waals surface area contributed by atoms with Gasteiger partial charge in [-0.3, -0.25) is 25.8 Å². The van der Waals surface area contributed by atoms with E-state index in [0.29, 0.717) is 6.54 Å². The summed E-state index contributed by atoms with van der Waals surface area (Å²) in [6.07, 6.45) is 4.13. The van der Waals surface area contributed by atoms with Gasteiger partial charge in [-0.05, 0) is 50.5 Å². The number of hydrazine groups is 1. The predicted octanol–water partition coefficient (Wildman–Crippen LogP) is 2.66. The topological polar surface area (TPSA) is 113 Å². The van der Waals surface area contributed by atoms with Gasteiger partial charge in [0.05, 0.1) is 4.92 Å². The Morgan fingerprint density at radius 2 is 2.04 bits per heavy atom. The van der Waals surface area contributed by atoms with Crippen molar-refractivity contribution in [3.8, 4) is 0 Å². The van der Waals surface area contributed by atoms with Crippen molar-refractivity contribution >= 4 is 23.2 Å². The first kappa shape index (κ1) is 18.5. The van der Waals surface area contributed by atoms with Gasteiger partial charge in [-0.15, -0.1) is 0 Å². The van der Waals surface area contributed by atoms with Gasteiger partial charge in [-0.1, -0.05) is 0 Å². The summed E-state index contributed by atoms with van der Waals surface area (Å²) in [5.41, 5.74) is 4.73. The lowest BCUT2D eigenvalue weighted by Gasteiger charge is -2.33. The zero-order chi connectivity index (χ0) is 19.4. The quantitative estimate of drug-likeness (QED) is 0.611. The minimum atomic E-state index is -0.573. The lowest BCUT2D eigenvalue weighted by molar-refractivity contribution is -0.383. The van der Waals surface area contributed by atoms with E-state index in [9.17, 15) is 19.3 Å². The zero-order valence-electron chi connectivity index (χ0n) is 14.7. The molecule has 2 heterocycles. The first-order chi connectivity index (χ1) is 13.0. The molecule has 1 aliphatic rings. The Hall–Kier alpha value is -3.30. The Bertz CT molecular complexity index is 845. The van der Waals surface area contributed by atoms with Gasteiger partial charge < -0.3 is 4.90 Å². The predicted molar refractivity (Wildman–Crippen MR) is 96.8 cm³/mol. The van der Waals surface area contributed by atoms with E-state index in [1.807, 2.05) is 11.8 Å². The molecule has 0 aliphatic carbocycles. The van der Waals surface area contributed by atoms with Gasteiger partial charge in [-0.2, -0.15) is 0 Å². The Labute approximate surface area is 154 Å². The number of nitrogens with zero attached hydrogens (tertiary/aromatic N) is 4. The summed E-state index contributed by atoms with van der Waals surface area (Å²) in [6.45, 7) is 2.66. The Morgan fingerprint density at radius 3 is 2.70 bits per heavy atom. The number of hydrogen-bond donors (Lipinski definition) is 2. The van der Waals surface area contributed by atoms with Crippen LogP contribution in [0.3, 0.4) is 0 Å². The zero-order valence-corrected chi connectivity index (χ0v) is 14.7. The standard InChI is InChI=1S/C17H19FN6O3/c1-11-4-2-3-9-23(11)16-14(24(26)27)15(19-10-20-16)21-22-17(25)12-5-7-13(18)8-6-12/h5-8,10-11H,2-4,9H2,1H3,(H,22,25)(H,19,20,21). The van der Waals surface area contributed by atoms with E-state index < -0.39 is 16.6 Å². The molecule has 2 N–H and O–H groups in total. The number of amides is 1. The van der Waals surface area contributed by atoms with Crippen molar-refractivity contribution in [1.82, 2.24) is 15.4 Å². The van der Waals surface area contributed by atoms with Crippen molar-refractivity contribution in [1.29, 1.82) is 0 Å². The van der Waals surface area contributed by atoms with Crippen molar-refractivity contribution in [3.05, 3.63) is 52.1 Å². The number of benzene rings is 1. The van der Waals surface area contributed by atoms with Gasteiger partial charge in [0.25, 0.3) is 5.91 Å². The van der Waals surface area contributed by atoms with E-state index in [1.54, 1.807) is 0 Å². The molecule has 2 aromatic rings. The highest BCUT2D eigenvalue weighted by Gasteiger charge is 2.31. The van der Waals surface area contributed by atoms with Crippen LogP contribution in [0.4, 0.5) is 21.7 Å². The highest BCUT2D eigenvalue weighted by Crippen LogP contribution is 2.34. The van der Waals surface area contributed by atoms with E-state index in [4.69, 9.17) is 0 Å². The molecule has 0 saturated carbocycles. The maximum atomic E-state index is 13.0. The van der Waals surface area contributed by atoms with Crippen LogP contribution in [0, 0.1) is 15.9 Å². The number of carbonyl (C=O) groups excluding carboxylic acids is 1. The molecule has 1 amide bonds. The second-order valence-corrected chi connectivity index (χ2v) is 6.28. The fraction of sp³-hybridized carbons (Fsp3) is 0.353. The lowest BCUT2D eigenvalue weighted by Crippen LogP contribution is -2.38. The molecular weight excluding hydrogens is 355 g/mol. The van der Waals surface area contributed by atoms with Gasteiger partial charge in [0.2, 0.25) is 11.6 Å². The van der Waals surface area contributed by atoms with Gasteiger partial charge in [-0.25, -0.2) is 14.4 Å². The van der Waals surface area contributed by atoms with E-state index in [-0.39, 0.29) is 28.9 Å². The van der Waals surface area contributed by atoms with Gasteiger partial charge in [0.15, 0.2) is 0 Å². The third kappa shape index (κ3) is 4.10. The smallest absolute Gasteiger partial charge is 0.348 e. The second-order valence-electron chi connectivity index (χ2n) is 6.28. The number of hydrogen-bond acceptors (Lipinski definition) is 7. The molecule has 0 spiro atoms. The number of aromatic nitrogens is 2. The van der Waals surface area contributed by atoms with Gasteiger partial charge in [0, 0.05) is 18.2 Å². The van der Waals surface area contributed by atoms with E-state index in [0.717, 1.165) is 31.4 Å². The van der Waals surface area contributed by atoms with E-state index >= 15 is 0 Å². The van der Waals surface area contributed by atoms with Crippen molar-refractivity contribution in [2.75, 3.05) is 16.9 Å². The largest absolute Gasteiger partial charge is 0.355 e.